The van der Waals surface area contributed by atoms with Crippen molar-refractivity contribution in [3.63, 3.8) is 0 Å². The molecule has 1 aliphatic rings. The zero-order chi connectivity index (χ0) is 18.6. The summed E-state index contributed by atoms with van der Waals surface area (Å²) in [6.45, 7) is 1.11. The average Bonchev–Trinajstić information content (AvgIpc) is 2.84. The summed E-state index contributed by atoms with van der Waals surface area (Å²) in [5.41, 5.74) is -0.185. The Hall–Kier alpha value is -2.35. The van der Waals surface area contributed by atoms with Gasteiger partial charge in [0.15, 0.2) is 11.5 Å². The smallest absolute Gasteiger partial charge is 0.416 e. The van der Waals surface area contributed by atoms with E-state index in [1.165, 1.54) is 6.07 Å². The first-order chi connectivity index (χ1) is 12.4. The van der Waals surface area contributed by atoms with Crippen LogP contribution in [0.4, 0.5) is 18.9 Å². The molecule has 8 heteroatoms. The lowest BCUT2D eigenvalue weighted by molar-refractivity contribution is -0.137. The van der Waals surface area contributed by atoms with Crippen molar-refractivity contribution in [1.29, 1.82) is 0 Å². The van der Waals surface area contributed by atoms with Crippen molar-refractivity contribution >= 4 is 23.4 Å². The van der Waals surface area contributed by atoms with Crippen LogP contribution in [0.15, 0.2) is 47.4 Å². The topological polar surface area (TPSA) is 47.6 Å². The van der Waals surface area contributed by atoms with E-state index in [0.717, 1.165) is 30.3 Å². The first kappa shape index (κ1) is 18.4. The van der Waals surface area contributed by atoms with Crippen LogP contribution in [0.5, 0.6) is 11.5 Å². The van der Waals surface area contributed by atoms with Gasteiger partial charge in [0.1, 0.15) is 0 Å². The zero-order valence-corrected chi connectivity index (χ0v) is 14.5. The molecule has 4 nitrogen and oxygen atoms in total. The van der Waals surface area contributed by atoms with Crippen LogP contribution in [0.2, 0.25) is 0 Å². The molecular weight excluding hydrogens is 367 g/mol. The molecular formula is C18H16F3NO3S. The van der Waals surface area contributed by atoms with Gasteiger partial charge in [0.05, 0.1) is 24.5 Å². The number of rotatable bonds is 4. The summed E-state index contributed by atoms with van der Waals surface area (Å²) in [4.78, 5) is 12.5. The number of amides is 1. The number of hydrogen-bond acceptors (Lipinski definition) is 4. The second-order valence-electron chi connectivity index (χ2n) is 5.57. The van der Waals surface area contributed by atoms with Gasteiger partial charge >= 0.3 is 6.18 Å². The molecule has 2 aromatic rings. The Labute approximate surface area is 152 Å². The van der Waals surface area contributed by atoms with E-state index in [1.807, 2.05) is 0 Å². The van der Waals surface area contributed by atoms with Gasteiger partial charge in [0.2, 0.25) is 5.91 Å². The molecule has 138 valence electrons. The third-order valence-electron chi connectivity index (χ3n) is 3.56. The molecule has 1 amide bonds. The summed E-state index contributed by atoms with van der Waals surface area (Å²) in [5.74, 6) is 0.863. The van der Waals surface area contributed by atoms with Crippen molar-refractivity contribution in [2.45, 2.75) is 17.5 Å². The Morgan fingerprint density at radius 3 is 2.62 bits per heavy atom. The number of halogens is 3. The summed E-state index contributed by atoms with van der Waals surface area (Å²) in [6, 6.07) is 9.99. The van der Waals surface area contributed by atoms with Gasteiger partial charge < -0.3 is 14.8 Å². The zero-order valence-electron chi connectivity index (χ0n) is 13.6. The van der Waals surface area contributed by atoms with Crippen LogP contribution in [0.1, 0.15) is 12.0 Å². The van der Waals surface area contributed by atoms with Crippen molar-refractivity contribution in [1.82, 2.24) is 0 Å². The fourth-order valence-corrected chi connectivity index (χ4v) is 3.10. The molecule has 2 aromatic carbocycles. The number of hydrogen-bond donors (Lipinski definition) is 1. The second kappa shape index (κ2) is 7.90. The number of fused-ring (bicyclic) bond motifs is 1. The quantitative estimate of drug-likeness (QED) is 0.784. The van der Waals surface area contributed by atoms with Crippen molar-refractivity contribution in [3.8, 4) is 11.5 Å². The van der Waals surface area contributed by atoms with Crippen LogP contribution in [0, 0.1) is 0 Å². The summed E-state index contributed by atoms with van der Waals surface area (Å²) < 4.78 is 49.2. The van der Waals surface area contributed by atoms with E-state index in [4.69, 9.17) is 9.47 Å². The third-order valence-corrected chi connectivity index (χ3v) is 4.56. The Bertz CT molecular complexity index is 795. The highest BCUT2D eigenvalue weighted by molar-refractivity contribution is 8.00. The highest BCUT2D eigenvalue weighted by Gasteiger charge is 2.30. The van der Waals surface area contributed by atoms with Gasteiger partial charge in [0.25, 0.3) is 0 Å². The van der Waals surface area contributed by atoms with Gasteiger partial charge in [-0.2, -0.15) is 13.2 Å². The van der Waals surface area contributed by atoms with Gasteiger partial charge in [-0.1, -0.05) is 6.07 Å². The molecule has 0 saturated carbocycles. The van der Waals surface area contributed by atoms with Gasteiger partial charge in [0, 0.05) is 23.1 Å². The van der Waals surface area contributed by atoms with E-state index >= 15 is 0 Å². The lowest BCUT2D eigenvalue weighted by Gasteiger charge is -2.11. The maximum absolute atomic E-state index is 12.7. The molecule has 0 bridgehead atoms. The van der Waals surface area contributed by atoms with Crippen LogP contribution < -0.4 is 14.8 Å². The number of anilines is 1. The lowest BCUT2D eigenvalue weighted by Crippen LogP contribution is -2.14. The molecule has 0 saturated heterocycles. The lowest BCUT2D eigenvalue weighted by atomic mass is 10.2. The number of alkyl halides is 3. The Morgan fingerprint density at radius 1 is 1.08 bits per heavy atom. The van der Waals surface area contributed by atoms with Crippen molar-refractivity contribution in [2.24, 2.45) is 0 Å². The van der Waals surface area contributed by atoms with Crippen molar-refractivity contribution in [2.75, 3.05) is 24.3 Å². The Balaban J connectivity index is 1.59. The molecule has 0 aromatic heterocycles. The van der Waals surface area contributed by atoms with Crippen LogP contribution in [-0.2, 0) is 11.0 Å². The minimum atomic E-state index is -4.40. The molecule has 1 heterocycles. The van der Waals surface area contributed by atoms with Crippen LogP contribution in [0.25, 0.3) is 0 Å². The predicted octanol–water partition coefficient (Wildman–Crippen LogP) is 4.60. The Morgan fingerprint density at radius 2 is 1.85 bits per heavy atom. The van der Waals surface area contributed by atoms with Crippen LogP contribution >= 0.6 is 11.8 Å². The monoisotopic (exact) mass is 383 g/mol. The first-order valence-electron chi connectivity index (χ1n) is 7.91. The molecule has 0 unspecified atom stereocenters. The fraction of sp³-hybridized carbons (Fsp3) is 0.278. The van der Waals surface area contributed by atoms with E-state index in [9.17, 15) is 18.0 Å². The van der Waals surface area contributed by atoms with Gasteiger partial charge in [-0.3, -0.25) is 4.79 Å². The van der Waals surface area contributed by atoms with E-state index in [0.29, 0.717) is 35.3 Å². The molecule has 26 heavy (non-hydrogen) atoms. The highest BCUT2D eigenvalue weighted by Crippen LogP contribution is 2.33. The molecule has 0 atom stereocenters. The van der Waals surface area contributed by atoms with Gasteiger partial charge in [-0.05, 0) is 30.3 Å². The maximum Gasteiger partial charge on any atom is 0.416 e. The number of ether oxygens (including phenoxy) is 2. The number of nitrogens with one attached hydrogen (secondary N) is 1. The van der Waals surface area contributed by atoms with Gasteiger partial charge in [-0.25, -0.2) is 0 Å². The molecule has 1 aliphatic heterocycles. The number of thioether (sulfide) groups is 1. The predicted molar refractivity (Wildman–Crippen MR) is 92.8 cm³/mol. The minimum absolute atomic E-state index is 0.00421. The van der Waals surface area contributed by atoms with Crippen molar-refractivity contribution < 1.29 is 27.4 Å². The maximum atomic E-state index is 12.7. The van der Waals surface area contributed by atoms with Crippen molar-refractivity contribution in [3.05, 3.63) is 48.0 Å². The summed E-state index contributed by atoms with van der Waals surface area (Å²) in [5, 5.41) is 2.71. The number of carbonyl (C=O) groups is 1. The van der Waals surface area contributed by atoms with E-state index in [1.54, 1.807) is 24.3 Å². The second-order valence-corrected chi connectivity index (χ2v) is 6.62. The first-order valence-corrected chi connectivity index (χ1v) is 8.90. The van der Waals surface area contributed by atoms with Crippen LogP contribution in [-0.4, -0.2) is 24.9 Å². The van der Waals surface area contributed by atoms with E-state index < -0.39 is 11.7 Å². The summed E-state index contributed by atoms with van der Waals surface area (Å²) in [6.07, 6.45) is -3.62. The summed E-state index contributed by atoms with van der Waals surface area (Å²) in [7, 11) is 0. The van der Waals surface area contributed by atoms with Crippen LogP contribution in [0.3, 0.4) is 0 Å². The van der Waals surface area contributed by atoms with E-state index in [-0.39, 0.29) is 11.7 Å². The SMILES string of the molecule is O=C(CSc1cccc(C(F)(F)F)c1)Nc1ccc2c(c1)OCCCO2. The average molecular weight is 383 g/mol. The molecule has 3 rings (SSSR count). The molecule has 0 aliphatic carbocycles. The number of carbonyl (C=O) groups excluding carboxylic acids is 1. The minimum Gasteiger partial charge on any atom is -0.490 e. The molecule has 0 spiro atoms. The third kappa shape index (κ3) is 4.85. The van der Waals surface area contributed by atoms with E-state index in [2.05, 4.69) is 5.32 Å². The molecule has 1 N–H and O–H groups in total. The normalized spacial score (nSPS) is 13.8. The summed E-state index contributed by atoms with van der Waals surface area (Å²) >= 11 is 1.04. The molecule has 0 radical (unpaired) electrons. The number of benzene rings is 2. The highest BCUT2D eigenvalue weighted by atomic mass is 32.2. The van der Waals surface area contributed by atoms with Gasteiger partial charge in [-0.15, -0.1) is 11.8 Å². The Kier molecular flexibility index (Phi) is 5.61. The largest absolute Gasteiger partial charge is 0.490 e. The fourth-order valence-electron chi connectivity index (χ4n) is 2.35. The standard InChI is InChI=1S/C18H16F3NO3S/c19-18(20,21)12-3-1-4-14(9-12)26-11-17(23)22-13-5-6-15-16(10-13)25-8-2-7-24-15/h1,3-6,9-10H,2,7-8,11H2,(H,22,23). The molecule has 0 fully saturated rings.